The van der Waals surface area contributed by atoms with Gasteiger partial charge in [-0.05, 0) is 38.8 Å². The summed E-state index contributed by atoms with van der Waals surface area (Å²) in [5, 5.41) is 0. The van der Waals surface area contributed by atoms with E-state index >= 15 is 0 Å². The van der Waals surface area contributed by atoms with Crippen LogP contribution in [-0.2, 0) is 0 Å². The first-order valence-electron chi connectivity index (χ1n) is 7.35. The minimum atomic E-state index is 0.584. The Hall–Kier alpha value is -0.570. The number of rotatable bonds is 4. The first kappa shape index (κ1) is 12.9. The molecule has 1 aliphatic heterocycles. The monoisotopic (exact) mass is 237 g/mol. The van der Waals surface area contributed by atoms with Crippen molar-refractivity contribution in [1.82, 2.24) is 4.90 Å². The zero-order valence-electron chi connectivity index (χ0n) is 11.2. The predicted octanol–water partition coefficient (Wildman–Crippen LogP) is 2.41. The van der Waals surface area contributed by atoms with Gasteiger partial charge in [-0.15, -0.1) is 0 Å². The highest BCUT2D eigenvalue weighted by Crippen LogP contribution is 2.24. The van der Waals surface area contributed by atoms with Crippen LogP contribution in [0.3, 0.4) is 0 Å². The summed E-state index contributed by atoms with van der Waals surface area (Å²) in [4.78, 5) is 7.22. The van der Waals surface area contributed by atoms with Crippen molar-refractivity contribution in [1.29, 1.82) is 0 Å². The molecule has 1 unspecified atom stereocenters. The fraction of sp³-hybridized carbons (Fsp3) is 0.929. The Bertz CT molecular complexity index is 256. The average molecular weight is 237 g/mol. The van der Waals surface area contributed by atoms with Gasteiger partial charge in [-0.25, -0.2) is 0 Å². The molecule has 3 heteroatoms. The van der Waals surface area contributed by atoms with E-state index < -0.39 is 0 Å². The summed E-state index contributed by atoms with van der Waals surface area (Å²) in [6.45, 7) is 5.58. The summed E-state index contributed by atoms with van der Waals surface area (Å²) in [7, 11) is 0. The van der Waals surface area contributed by atoms with Crippen molar-refractivity contribution in [2.45, 2.75) is 57.9 Å². The standard InChI is InChI=1S/C14H27N3/c1-2-17-10-6-9-13(17)11-16-14(15)12-7-4-3-5-8-12/h12-13H,2-11H2,1H3,(H2,15,16). The van der Waals surface area contributed by atoms with Crippen LogP contribution < -0.4 is 5.73 Å². The van der Waals surface area contributed by atoms with E-state index in [0.717, 1.165) is 18.9 Å². The molecule has 3 nitrogen and oxygen atoms in total. The lowest BCUT2D eigenvalue weighted by atomic mass is 9.88. The molecule has 2 fully saturated rings. The normalized spacial score (nSPS) is 28.8. The van der Waals surface area contributed by atoms with Crippen LogP contribution in [0.15, 0.2) is 4.99 Å². The summed E-state index contributed by atoms with van der Waals surface area (Å²) in [6, 6.07) is 0.655. The second-order valence-electron chi connectivity index (χ2n) is 5.53. The van der Waals surface area contributed by atoms with Gasteiger partial charge in [-0.1, -0.05) is 26.2 Å². The molecule has 0 spiro atoms. The number of likely N-dealkylation sites (N-methyl/N-ethyl adjacent to an activating group) is 1. The second kappa shape index (κ2) is 6.39. The minimum absolute atomic E-state index is 0.584. The number of amidine groups is 1. The molecule has 1 saturated carbocycles. The number of likely N-dealkylation sites (tertiary alicyclic amines) is 1. The number of nitrogens with zero attached hydrogens (tertiary/aromatic N) is 2. The van der Waals surface area contributed by atoms with Crippen LogP contribution in [-0.4, -0.2) is 36.4 Å². The molecule has 98 valence electrons. The van der Waals surface area contributed by atoms with Crippen LogP contribution in [0.2, 0.25) is 0 Å². The van der Waals surface area contributed by atoms with Crippen molar-refractivity contribution in [2.24, 2.45) is 16.6 Å². The van der Waals surface area contributed by atoms with Gasteiger partial charge in [0.15, 0.2) is 0 Å². The van der Waals surface area contributed by atoms with E-state index in [1.807, 2.05) is 0 Å². The lowest BCUT2D eigenvalue weighted by Gasteiger charge is -2.23. The molecular weight excluding hydrogens is 210 g/mol. The van der Waals surface area contributed by atoms with E-state index in [1.54, 1.807) is 0 Å². The summed E-state index contributed by atoms with van der Waals surface area (Å²) < 4.78 is 0. The number of hydrogen-bond donors (Lipinski definition) is 1. The summed E-state index contributed by atoms with van der Waals surface area (Å²) in [6.07, 6.45) is 9.22. The van der Waals surface area contributed by atoms with Gasteiger partial charge in [-0.2, -0.15) is 0 Å². The van der Waals surface area contributed by atoms with E-state index in [2.05, 4.69) is 16.8 Å². The van der Waals surface area contributed by atoms with Crippen molar-refractivity contribution < 1.29 is 0 Å². The van der Waals surface area contributed by atoms with Gasteiger partial charge in [0.25, 0.3) is 0 Å². The van der Waals surface area contributed by atoms with E-state index in [9.17, 15) is 0 Å². The summed E-state index contributed by atoms with van der Waals surface area (Å²) in [5.41, 5.74) is 6.14. The zero-order valence-corrected chi connectivity index (χ0v) is 11.2. The lowest BCUT2D eigenvalue weighted by molar-refractivity contribution is 0.272. The van der Waals surface area contributed by atoms with Gasteiger partial charge in [-0.3, -0.25) is 9.89 Å². The van der Waals surface area contributed by atoms with Crippen LogP contribution in [0, 0.1) is 5.92 Å². The van der Waals surface area contributed by atoms with Gasteiger partial charge in [0.2, 0.25) is 0 Å². The average Bonchev–Trinajstić information content (AvgIpc) is 2.84. The number of aliphatic imine (C=N–C) groups is 1. The molecule has 17 heavy (non-hydrogen) atoms. The maximum atomic E-state index is 6.14. The molecule has 1 saturated heterocycles. The fourth-order valence-corrected chi connectivity index (χ4v) is 3.26. The van der Waals surface area contributed by atoms with Gasteiger partial charge in [0.1, 0.15) is 0 Å². The van der Waals surface area contributed by atoms with Crippen LogP contribution >= 0.6 is 0 Å². The molecule has 1 aliphatic carbocycles. The van der Waals surface area contributed by atoms with E-state index in [0.29, 0.717) is 12.0 Å². The highest BCUT2D eigenvalue weighted by Gasteiger charge is 2.23. The van der Waals surface area contributed by atoms with E-state index in [1.165, 1.54) is 51.5 Å². The van der Waals surface area contributed by atoms with Gasteiger partial charge in [0.05, 0.1) is 12.4 Å². The van der Waals surface area contributed by atoms with Crippen LogP contribution in [0.25, 0.3) is 0 Å². The van der Waals surface area contributed by atoms with Crippen molar-refractivity contribution in [2.75, 3.05) is 19.6 Å². The SMILES string of the molecule is CCN1CCCC1CN=C(N)C1CCCCC1. The smallest absolute Gasteiger partial charge is 0.0969 e. The summed E-state index contributed by atoms with van der Waals surface area (Å²) in [5.74, 6) is 1.52. The number of nitrogens with two attached hydrogens (primary N) is 1. The van der Waals surface area contributed by atoms with Crippen LogP contribution in [0.4, 0.5) is 0 Å². The largest absolute Gasteiger partial charge is 0.387 e. The molecule has 2 rings (SSSR count). The third-order valence-electron chi connectivity index (χ3n) is 4.41. The number of hydrogen-bond acceptors (Lipinski definition) is 2. The van der Waals surface area contributed by atoms with Crippen molar-refractivity contribution >= 4 is 5.84 Å². The van der Waals surface area contributed by atoms with Gasteiger partial charge >= 0.3 is 0 Å². The second-order valence-corrected chi connectivity index (χ2v) is 5.53. The molecule has 2 N–H and O–H groups in total. The Balaban J connectivity index is 1.82. The Morgan fingerprint density at radius 3 is 2.65 bits per heavy atom. The predicted molar refractivity (Wildman–Crippen MR) is 73.3 cm³/mol. The highest BCUT2D eigenvalue weighted by molar-refractivity contribution is 5.82. The van der Waals surface area contributed by atoms with Crippen molar-refractivity contribution in [3.05, 3.63) is 0 Å². The maximum absolute atomic E-state index is 6.14. The third-order valence-corrected chi connectivity index (χ3v) is 4.41. The first-order chi connectivity index (χ1) is 8.31. The Morgan fingerprint density at radius 1 is 1.18 bits per heavy atom. The first-order valence-corrected chi connectivity index (χ1v) is 7.35. The van der Waals surface area contributed by atoms with Crippen molar-refractivity contribution in [3.8, 4) is 0 Å². The molecular formula is C14H27N3. The molecule has 0 radical (unpaired) electrons. The van der Waals surface area contributed by atoms with E-state index in [-0.39, 0.29) is 0 Å². The highest BCUT2D eigenvalue weighted by atomic mass is 15.2. The van der Waals surface area contributed by atoms with E-state index in [4.69, 9.17) is 5.73 Å². The molecule has 1 atom stereocenters. The molecule has 2 aliphatic rings. The molecule has 0 bridgehead atoms. The third kappa shape index (κ3) is 3.44. The van der Waals surface area contributed by atoms with Crippen LogP contribution in [0.5, 0.6) is 0 Å². The summed E-state index contributed by atoms with van der Waals surface area (Å²) >= 11 is 0. The minimum Gasteiger partial charge on any atom is -0.387 e. The van der Waals surface area contributed by atoms with Crippen molar-refractivity contribution in [3.63, 3.8) is 0 Å². The molecule has 0 aromatic rings. The molecule has 0 amide bonds. The molecule has 0 aromatic carbocycles. The van der Waals surface area contributed by atoms with Gasteiger partial charge < -0.3 is 5.73 Å². The topological polar surface area (TPSA) is 41.6 Å². The van der Waals surface area contributed by atoms with Crippen LogP contribution in [0.1, 0.15) is 51.9 Å². The Morgan fingerprint density at radius 2 is 1.94 bits per heavy atom. The Labute approximate surface area is 105 Å². The fourth-order valence-electron chi connectivity index (χ4n) is 3.26. The quantitative estimate of drug-likeness (QED) is 0.602. The molecule has 1 heterocycles. The maximum Gasteiger partial charge on any atom is 0.0969 e. The molecule has 0 aromatic heterocycles. The Kier molecular flexibility index (Phi) is 4.84. The zero-order chi connectivity index (χ0) is 12.1. The lowest BCUT2D eigenvalue weighted by Crippen LogP contribution is -2.33. The van der Waals surface area contributed by atoms with Gasteiger partial charge in [0, 0.05) is 12.0 Å².